The summed E-state index contributed by atoms with van der Waals surface area (Å²) in [6.07, 6.45) is 0. The second-order valence-corrected chi connectivity index (χ2v) is 15.4. The molecule has 0 spiro atoms. The van der Waals surface area contributed by atoms with Crippen LogP contribution in [0.1, 0.15) is 19.4 Å². The average Bonchev–Trinajstić information content (AvgIpc) is 3.50. The van der Waals surface area contributed by atoms with Crippen LogP contribution in [0.4, 0.5) is 17.1 Å². The van der Waals surface area contributed by atoms with Gasteiger partial charge in [-0.1, -0.05) is 67.4 Å². The molecule has 0 atom stereocenters. The van der Waals surface area contributed by atoms with Gasteiger partial charge in [-0.25, -0.2) is 9.97 Å². The number of benzene rings is 5. The average molecular weight is 786 g/mol. The first kappa shape index (κ1) is 37.4. The number of morpholine rings is 1. The molecule has 0 amide bonds. The summed E-state index contributed by atoms with van der Waals surface area (Å²) < 4.78 is 16.6. The van der Waals surface area contributed by atoms with Crippen LogP contribution in [0.2, 0.25) is 10.0 Å². The highest BCUT2D eigenvalue weighted by atomic mass is 35.5. The lowest BCUT2D eigenvalue weighted by Gasteiger charge is -2.30. The van der Waals surface area contributed by atoms with Crippen molar-refractivity contribution in [1.82, 2.24) is 9.97 Å². The zero-order valence-electron chi connectivity index (χ0n) is 31.7. The summed E-state index contributed by atoms with van der Waals surface area (Å²) >= 11 is 12.4. The number of ether oxygens (including phenoxy) is 3. The molecule has 2 aromatic heterocycles. The van der Waals surface area contributed by atoms with E-state index in [0.717, 1.165) is 72.0 Å². The van der Waals surface area contributed by atoms with Crippen molar-refractivity contribution in [2.75, 3.05) is 56.9 Å². The molecule has 0 bridgehead atoms. The normalized spacial score (nSPS) is 14.7. The van der Waals surface area contributed by atoms with Gasteiger partial charge < -0.3 is 29.1 Å². The summed E-state index contributed by atoms with van der Waals surface area (Å²) in [5.74, 6) is 1.67. The minimum absolute atomic E-state index is 0.00234. The van der Waals surface area contributed by atoms with Crippen LogP contribution < -0.4 is 19.3 Å². The maximum absolute atomic E-state index is 10.2. The smallest absolute Gasteiger partial charge is 0.128 e. The van der Waals surface area contributed by atoms with E-state index in [2.05, 4.69) is 59.0 Å². The van der Waals surface area contributed by atoms with Crippen molar-refractivity contribution in [3.63, 3.8) is 0 Å². The molecule has 2 aliphatic rings. The number of nitrogens with zero attached hydrogens (tertiary/aromatic N) is 4. The summed E-state index contributed by atoms with van der Waals surface area (Å²) in [7, 11) is 3.31. The summed E-state index contributed by atoms with van der Waals surface area (Å²) in [5.41, 5.74) is 9.88. The van der Waals surface area contributed by atoms with E-state index in [9.17, 15) is 5.11 Å². The van der Waals surface area contributed by atoms with Gasteiger partial charge in [0.05, 0.1) is 55.5 Å². The molecule has 1 fully saturated rings. The van der Waals surface area contributed by atoms with Crippen LogP contribution in [-0.4, -0.2) is 62.1 Å². The topological polar surface area (TPSA) is 80.2 Å². The Morgan fingerprint density at radius 1 is 0.661 bits per heavy atom. The zero-order valence-corrected chi connectivity index (χ0v) is 33.2. The molecule has 10 heteroatoms. The van der Waals surface area contributed by atoms with Gasteiger partial charge in [0.25, 0.3) is 0 Å². The van der Waals surface area contributed by atoms with Gasteiger partial charge in [0.15, 0.2) is 0 Å². The predicted octanol–water partition coefficient (Wildman–Crippen LogP) is 11.1. The molecule has 9 rings (SSSR count). The Bertz CT molecular complexity index is 2570. The van der Waals surface area contributed by atoms with E-state index in [1.807, 2.05) is 60.7 Å². The number of hydrogen-bond acceptors (Lipinski definition) is 8. The lowest BCUT2D eigenvalue weighted by molar-refractivity contribution is 0.122. The maximum atomic E-state index is 10.2. The van der Waals surface area contributed by atoms with Crippen molar-refractivity contribution >= 4 is 62.1 Å². The number of para-hydroxylation sites is 2. The number of anilines is 3. The molecule has 0 radical (unpaired) electrons. The number of rotatable bonds is 6. The van der Waals surface area contributed by atoms with Crippen molar-refractivity contribution in [2.45, 2.75) is 19.3 Å². The molecule has 2 aliphatic heterocycles. The number of hydrogen-bond donors (Lipinski definition) is 1. The molecular formula is C46H42Cl2N4O4. The van der Waals surface area contributed by atoms with Crippen LogP contribution in [-0.2, 0) is 10.2 Å². The summed E-state index contributed by atoms with van der Waals surface area (Å²) in [4.78, 5) is 14.4. The Kier molecular flexibility index (Phi) is 10.4. The molecule has 5 aromatic carbocycles. The first-order valence-electron chi connectivity index (χ1n) is 18.5. The number of pyridine rings is 2. The minimum atomic E-state index is -0.00234. The molecule has 8 nitrogen and oxygen atoms in total. The van der Waals surface area contributed by atoms with Gasteiger partial charge in [-0.2, -0.15) is 0 Å². The minimum Gasteiger partial charge on any atom is -0.507 e. The molecule has 0 unspecified atom stereocenters. The molecule has 1 N–H and O–H groups in total. The lowest BCUT2D eigenvalue weighted by Crippen LogP contribution is -2.36. The highest BCUT2D eigenvalue weighted by molar-refractivity contribution is 6.31. The molecule has 1 saturated heterocycles. The fraction of sp³-hybridized carbons (Fsp3) is 0.217. The molecule has 0 aliphatic carbocycles. The summed E-state index contributed by atoms with van der Waals surface area (Å²) in [6, 6.07) is 37.5. The fourth-order valence-corrected chi connectivity index (χ4v) is 8.03. The first-order valence-corrected chi connectivity index (χ1v) is 19.3. The Balaban J connectivity index is 0.000000186. The molecule has 284 valence electrons. The molecule has 0 saturated carbocycles. The number of aromatic nitrogens is 2. The van der Waals surface area contributed by atoms with Gasteiger partial charge in [0.1, 0.15) is 17.2 Å². The highest BCUT2D eigenvalue weighted by Crippen LogP contribution is 2.48. The van der Waals surface area contributed by atoms with E-state index in [1.54, 1.807) is 38.5 Å². The van der Waals surface area contributed by atoms with Gasteiger partial charge in [0.2, 0.25) is 0 Å². The number of halogens is 2. The van der Waals surface area contributed by atoms with Gasteiger partial charge in [-0.05, 0) is 84.4 Å². The summed E-state index contributed by atoms with van der Waals surface area (Å²) in [5, 5.41) is 13.1. The van der Waals surface area contributed by atoms with Gasteiger partial charge in [0, 0.05) is 74.4 Å². The van der Waals surface area contributed by atoms with Crippen LogP contribution in [0.25, 0.3) is 44.3 Å². The molecule has 56 heavy (non-hydrogen) atoms. The van der Waals surface area contributed by atoms with Crippen molar-refractivity contribution < 1.29 is 19.3 Å². The van der Waals surface area contributed by atoms with Crippen LogP contribution in [0.5, 0.6) is 17.2 Å². The quantitative estimate of drug-likeness (QED) is 0.179. The van der Waals surface area contributed by atoms with E-state index < -0.39 is 0 Å². The van der Waals surface area contributed by atoms with Gasteiger partial charge >= 0.3 is 0 Å². The van der Waals surface area contributed by atoms with E-state index >= 15 is 0 Å². The summed E-state index contributed by atoms with van der Waals surface area (Å²) in [6.45, 7) is 8.85. The Hall–Kier alpha value is -5.54. The highest BCUT2D eigenvalue weighted by Gasteiger charge is 2.37. The predicted molar refractivity (Wildman–Crippen MR) is 229 cm³/mol. The van der Waals surface area contributed by atoms with E-state index in [-0.39, 0.29) is 11.2 Å². The van der Waals surface area contributed by atoms with Crippen molar-refractivity contribution in [1.29, 1.82) is 0 Å². The van der Waals surface area contributed by atoms with Gasteiger partial charge in [-0.3, -0.25) is 0 Å². The van der Waals surface area contributed by atoms with Crippen molar-refractivity contribution in [3.8, 4) is 39.8 Å². The number of aromatic hydroxyl groups is 1. The second kappa shape index (κ2) is 15.5. The third-order valence-corrected chi connectivity index (χ3v) is 11.0. The Labute approximate surface area is 336 Å². The third kappa shape index (κ3) is 7.28. The SMILES string of the molecule is COc1ccccc1-c1cc(N2CC(C)(C)c3ccc(N4CCOCC4)cc32)c2cc(Cl)ccc2n1.COc1ccccc1-c1cc(O)c2cc(Cl)ccc2n1. The molecule has 4 heterocycles. The van der Waals surface area contributed by atoms with Crippen LogP contribution in [0.15, 0.2) is 115 Å². The van der Waals surface area contributed by atoms with Crippen molar-refractivity contribution in [3.05, 3.63) is 131 Å². The van der Waals surface area contributed by atoms with E-state index in [0.29, 0.717) is 32.4 Å². The molecular weight excluding hydrogens is 743 g/mol. The number of methoxy groups -OCH3 is 2. The van der Waals surface area contributed by atoms with Gasteiger partial charge in [-0.15, -0.1) is 0 Å². The zero-order chi connectivity index (χ0) is 39.0. The van der Waals surface area contributed by atoms with E-state index in [4.69, 9.17) is 42.4 Å². The van der Waals surface area contributed by atoms with Crippen LogP contribution in [0, 0.1) is 0 Å². The third-order valence-electron chi connectivity index (χ3n) is 10.5. The Morgan fingerprint density at radius 2 is 1.23 bits per heavy atom. The second-order valence-electron chi connectivity index (χ2n) is 14.5. The first-order chi connectivity index (χ1) is 27.1. The number of fused-ring (bicyclic) bond motifs is 3. The van der Waals surface area contributed by atoms with Crippen LogP contribution >= 0.6 is 23.2 Å². The lowest BCUT2D eigenvalue weighted by atomic mass is 9.87. The van der Waals surface area contributed by atoms with E-state index in [1.165, 1.54) is 16.9 Å². The Morgan fingerprint density at radius 3 is 1.86 bits per heavy atom. The fourth-order valence-electron chi connectivity index (χ4n) is 7.69. The monoisotopic (exact) mass is 784 g/mol. The maximum Gasteiger partial charge on any atom is 0.128 e. The molecule has 7 aromatic rings. The largest absolute Gasteiger partial charge is 0.507 e. The van der Waals surface area contributed by atoms with Crippen molar-refractivity contribution in [2.24, 2.45) is 0 Å². The van der Waals surface area contributed by atoms with Crippen LogP contribution in [0.3, 0.4) is 0 Å². The standard InChI is InChI=1S/C30H30ClN3O2.C16H12ClNO2/c1-30(2)19-34(28-17-21(9-10-24(28)30)33-12-14-36-15-13-33)27-18-26(22-6-4-5-7-29(22)35-3)32-25-11-8-20(31)16-23(25)27;1-20-16-5-3-2-4-11(16)14-9-15(19)12-8-10(17)6-7-13(12)18-14/h4-11,16-18H,12-15,19H2,1-3H3;2-9H,1H3,(H,18,19).